The van der Waals surface area contributed by atoms with Crippen molar-refractivity contribution in [1.29, 1.82) is 0 Å². The number of carbonyl (C=O) groups excluding carboxylic acids is 1. The van der Waals surface area contributed by atoms with Gasteiger partial charge in [-0.15, -0.1) is 0 Å². The second-order valence-corrected chi connectivity index (χ2v) is 5.33. The van der Waals surface area contributed by atoms with Gasteiger partial charge >= 0.3 is 0 Å². The van der Waals surface area contributed by atoms with E-state index in [1.54, 1.807) is 0 Å². The van der Waals surface area contributed by atoms with Gasteiger partial charge < -0.3 is 5.32 Å². The van der Waals surface area contributed by atoms with Crippen molar-refractivity contribution in [1.82, 2.24) is 5.32 Å². The normalized spacial score (nSPS) is 18.9. The monoisotopic (exact) mass is 245 g/mol. The first-order valence-electron chi connectivity index (χ1n) is 7.12. The molecular weight excluding hydrogens is 222 g/mol. The van der Waals surface area contributed by atoms with Crippen LogP contribution in [0.4, 0.5) is 0 Å². The number of nitrogens with one attached hydrogen (secondary N) is 1. The molecule has 1 aromatic rings. The van der Waals surface area contributed by atoms with Gasteiger partial charge in [0.1, 0.15) is 0 Å². The Kier molecular flexibility index (Phi) is 4.80. The maximum absolute atomic E-state index is 12.2. The molecule has 1 aromatic carbocycles. The van der Waals surface area contributed by atoms with Crippen molar-refractivity contribution in [3.8, 4) is 0 Å². The second kappa shape index (κ2) is 6.58. The Labute approximate surface area is 110 Å². The largest absolute Gasteiger partial charge is 0.349 e. The van der Waals surface area contributed by atoms with Gasteiger partial charge in [-0.1, -0.05) is 56.0 Å². The van der Waals surface area contributed by atoms with Crippen LogP contribution >= 0.6 is 0 Å². The van der Waals surface area contributed by atoms with Gasteiger partial charge in [-0.2, -0.15) is 0 Å². The van der Waals surface area contributed by atoms with E-state index >= 15 is 0 Å². The van der Waals surface area contributed by atoms with Crippen molar-refractivity contribution in [3.05, 3.63) is 35.9 Å². The highest BCUT2D eigenvalue weighted by atomic mass is 16.1. The fourth-order valence-electron chi connectivity index (χ4n) is 2.70. The molecule has 0 aliphatic heterocycles. The smallest absolute Gasteiger partial charge is 0.223 e. The van der Waals surface area contributed by atoms with E-state index in [4.69, 9.17) is 0 Å². The summed E-state index contributed by atoms with van der Waals surface area (Å²) < 4.78 is 0. The molecule has 2 nitrogen and oxygen atoms in total. The van der Waals surface area contributed by atoms with Crippen LogP contribution in [0.25, 0.3) is 0 Å². The average Bonchev–Trinajstić information content (AvgIpc) is 2.68. The molecule has 1 atom stereocenters. The minimum Gasteiger partial charge on any atom is -0.349 e. The maximum Gasteiger partial charge on any atom is 0.223 e. The van der Waals surface area contributed by atoms with Gasteiger partial charge in [0.05, 0.1) is 6.04 Å². The van der Waals surface area contributed by atoms with Gasteiger partial charge in [0.15, 0.2) is 0 Å². The number of benzene rings is 1. The minimum absolute atomic E-state index is 0.113. The van der Waals surface area contributed by atoms with Crippen LogP contribution in [0.5, 0.6) is 0 Å². The topological polar surface area (TPSA) is 29.1 Å². The lowest BCUT2D eigenvalue weighted by Gasteiger charge is -2.19. The van der Waals surface area contributed by atoms with Gasteiger partial charge in [-0.3, -0.25) is 4.79 Å². The summed E-state index contributed by atoms with van der Waals surface area (Å²) in [4.78, 5) is 12.2. The van der Waals surface area contributed by atoms with Crippen molar-refractivity contribution >= 4 is 5.91 Å². The summed E-state index contributed by atoms with van der Waals surface area (Å²) in [7, 11) is 0. The molecule has 1 unspecified atom stereocenters. The number of amides is 1. The lowest BCUT2D eigenvalue weighted by Crippen LogP contribution is -2.32. The highest BCUT2D eigenvalue weighted by Crippen LogP contribution is 2.24. The van der Waals surface area contributed by atoms with E-state index in [0.29, 0.717) is 0 Å². The molecule has 1 fully saturated rings. The molecule has 1 aliphatic carbocycles. The van der Waals surface area contributed by atoms with Crippen LogP contribution in [0.2, 0.25) is 0 Å². The van der Waals surface area contributed by atoms with E-state index in [1.807, 2.05) is 18.2 Å². The van der Waals surface area contributed by atoms with Gasteiger partial charge in [-0.05, 0) is 25.3 Å². The molecule has 1 N–H and O–H groups in total. The van der Waals surface area contributed by atoms with Crippen LogP contribution in [-0.2, 0) is 4.79 Å². The minimum atomic E-state index is 0.113. The molecule has 0 radical (unpaired) electrons. The molecular formula is C16H23NO. The highest BCUT2D eigenvalue weighted by Gasteiger charge is 2.21. The Morgan fingerprint density at radius 2 is 1.72 bits per heavy atom. The van der Waals surface area contributed by atoms with Crippen LogP contribution in [0.15, 0.2) is 30.3 Å². The lowest BCUT2D eigenvalue weighted by molar-refractivity contribution is -0.126. The SMILES string of the molecule is CC(NC(=O)C1CCCCCC1)c1ccccc1. The molecule has 2 rings (SSSR count). The molecule has 1 saturated carbocycles. The van der Waals surface area contributed by atoms with E-state index in [9.17, 15) is 4.79 Å². The first-order valence-corrected chi connectivity index (χ1v) is 7.12. The molecule has 0 heterocycles. The predicted molar refractivity (Wildman–Crippen MR) is 74.2 cm³/mol. The zero-order chi connectivity index (χ0) is 12.8. The zero-order valence-corrected chi connectivity index (χ0v) is 11.2. The Hall–Kier alpha value is -1.31. The summed E-state index contributed by atoms with van der Waals surface area (Å²) in [5.41, 5.74) is 1.18. The zero-order valence-electron chi connectivity index (χ0n) is 11.2. The van der Waals surface area contributed by atoms with Crippen molar-refractivity contribution in [2.45, 2.75) is 51.5 Å². The Balaban J connectivity index is 1.90. The summed E-state index contributed by atoms with van der Waals surface area (Å²) >= 11 is 0. The van der Waals surface area contributed by atoms with Crippen molar-refractivity contribution in [3.63, 3.8) is 0 Å². The van der Waals surface area contributed by atoms with Crippen LogP contribution in [-0.4, -0.2) is 5.91 Å². The van der Waals surface area contributed by atoms with E-state index in [2.05, 4.69) is 24.4 Å². The third-order valence-corrected chi connectivity index (χ3v) is 3.88. The molecule has 0 spiro atoms. The summed E-state index contributed by atoms with van der Waals surface area (Å²) in [5, 5.41) is 3.15. The number of hydrogen-bond acceptors (Lipinski definition) is 1. The van der Waals surface area contributed by atoms with Gasteiger partial charge in [0.25, 0.3) is 0 Å². The van der Waals surface area contributed by atoms with Crippen molar-refractivity contribution in [2.24, 2.45) is 5.92 Å². The summed E-state index contributed by atoms with van der Waals surface area (Å²) in [6, 6.07) is 10.3. The maximum atomic E-state index is 12.2. The van der Waals surface area contributed by atoms with Crippen molar-refractivity contribution < 1.29 is 4.79 Å². The van der Waals surface area contributed by atoms with E-state index in [-0.39, 0.29) is 17.9 Å². The number of carbonyl (C=O) groups is 1. The summed E-state index contributed by atoms with van der Waals surface area (Å²) in [6.07, 6.45) is 7.12. The van der Waals surface area contributed by atoms with Crippen LogP contribution in [0.3, 0.4) is 0 Å². The van der Waals surface area contributed by atoms with Crippen molar-refractivity contribution in [2.75, 3.05) is 0 Å². The molecule has 1 aliphatic rings. The van der Waals surface area contributed by atoms with E-state index in [0.717, 1.165) is 12.8 Å². The molecule has 2 heteroatoms. The van der Waals surface area contributed by atoms with Gasteiger partial charge in [0, 0.05) is 5.92 Å². The third kappa shape index (κ3) is 3.59. The molecule has 98 valence electrons. The lowest BCUT2D eigenvalue weighted by atomic mass is 9.98. The van der Waals surface area contributed by atoms with Gasteiger partial charge in [0.2, 0.25) is 5.91 Å². The van der Waals surface area contributed by atoms with Gasteiger partial charge in [-0.25, -0.2) is 0 Å². The second-order valence-electron chi connectivity index (χ2n) is 5.33. The molecule has 1 amide bonds. The fraction of sp³-hybridized carbons (Fsp3) is 0.562. The van der Waals surface area contributed by atoms with Crippen LogP contribution < -0.4 is 5.32 Å². The Bertz CT molecular complexity index is 366. The fourth-order valence-corrected chi connectivity index (χ4v) is 2.70. The number of rotatable bonds is 3. The Morgan fingerprint density at radius 1 is 1.11 bits per heavy atom. The van der Waals surface area contributed by atoms with Crippen LogP contribution in [0, 0.1) is 5.92 Å². The first kappa shape index (κ1) is 13.1. The molecule has 0 bridgehead atoms. The highest BCUT2D eigenvalue weighted by molar-refractivity contribution is 5.79. The molecule has 18 heavy (non-hydrogen) atoms. The number of hydrogen-bond donors (Lipinski definition) is 1. The Morgan fingerprint density at radius 3 is 2.33 bits per heavy atom. The quantitative estimate of drug-likeness (QED) is 0.806. The molecule has 0 saturated heterocycles. The predicted octanol–water partition coefficient (Wildman–Crippen LogP) is 3.83. The average molecular weight is 245 g/mol. The summed E-state index contributed by atoms with van der Waals surface area (Å²) in [6.45, 7) is 2.06. The standard InChI is InChI=1S/C16H23NO/c1-13(14-9-7-4-8-10-14)17-16(18)15-11-5-2-3-6-12-15/h4,7-10,13,15H,2-3,5-6,11-12H2,1H3,(H,17,18). The van der Waals surface area contributed by atoms with Crippen LogP contribution in [0.1, 0.15) is 57.1 Å². The summed E-state index contributed by atoms with van der Waals surface area (Å²) in [5.74, 6) is 0.479. The van der Waals surface area contributed by atoms with E-state index < -0.39 is 0 Å². The molecule has 0 aromatic heterocycles. The first-order chi connectivity index (χ1) is 8.77. The third-order valence-electron chi connectivity index (χ3n) is 3.88. The van der Waals surface area contributed by atoms with E-state index in [1.165, 1.54) is 31.2 Å².